The van der Waals surface area contributed by atoms with E-state index in [-0.39, 0.29) is 11.5 Å². The zero-order chi connectivity index (χ0) is 21.9. The Kier molecular flexibility index (Phi) is 4.26. The van der Waals surface area contributed by atoms with Crippen LogP contribution in [0.5, 0.6) is 5.75 Å². The van der Waals surface area contributed by atoms with Gasteiger partial charge in [0.2, 0.25) is 11.7 Å². The van der Waals surface area contributed by atoms with E-state index in [0.29, 0.717) is 24.2 Å². The largest absolute Gasteiger partial charge is 0.489 e. The Morgan fingerprint density at radius 3 is 2.66 bits per heavy atom. The molecule has 0 aromatic heterocycles. The minimum absolute atomic E-state index is 0.0170. The number of hydrogen-bond donors (Lipinski definition) is 1. The fraction of sp³-hybridized carbons (Fsp3) is 0.440. The molecule has 3 fully saturated rings. The third kappa shape index (κ3) is 2.90. The average Bonchev–Trinajstić information content (AvgIpc) is 3.13. The summed E-state index contributed by atoms with van der Waals surface area (Å²) in [6, 6.07) is 13.7. The Labute approximate surface area is 187 Å². The van der Waals surface area contributed by atoms with Gasteiger partial charge < -0.3 is 15.2 Å². The molecule has 1 spiro atoms. The maximum atomic E-state index is 7.33. The second kappa shape index (κ2) is 6.96. The maximum Gasteiger partial charge on any atom is 0.221 e. The lowest BCUT2D eigenvalue weighted by atomic mass is 9.65. The normalized spacial score (nSPS) is 32.9. The van der Waals surface area contributed by atoms with Gasteiger partial charge in [-0.3, -0.25) is 0 Å². The number of guanidine groups is 1. The predicted molar refractivity (Wildman–Crippen MR) is 120 cm³/mol. The zero-order valence-corrected chi connectivity index (χ0v) is 18.1. The van der Waals surface area contributed by atoms with Gasteiger partial charge in [-0.1, -0.05) is 24.3 Å². The quantitative estimate of drug-likeness (QED) is 0.717. The summed E-state index contributed by atoms with van der Waals surface area (Å²) in [6.07, 6.45) is 5.30. The predicted octanol–water partition coefficient (Wildman–Crippen LogP) is 4.36. The van der Waals surface area contributed by atoms with E-state index in [2.05, 4.69) is 10.9 Å². The highest BCUT2D eigenvalue weighted by molar-refractivity contribution is 5.79. The molecule has 2 bridgehead atoms. The van der Waals surface area contributed by atoms with Crippen LogP contribution in [-0.2, 0) is 15.3 Å². The Morgan fingerprint density at radius 2 is 1.97 bits per heavy atom. The SMILES string of the molecule is [C-]#[N+]c1cccc(-c2ccc3c(c2)C2(CC(C45CCC(CC4)OC5)O3)N=C(N)N(C)O2)c1. The van der Waals surface area contributed by atoms with Crippen molar-refractivity contribution in [2.45, 2.75) is 50.0 Å². The minimum atomic E-state index is -0.923. The number of hydroxylamine groups is 2. The van der Waals surface area contributed by atoms with E-state index in [0.717, 1.165) is 54.7 Å². The van der Waals surface area contributed by atoms with E-state index in [1.54, 1.807) is 12.1 Å². The number of nitrogens with two attached hydrogens (primary N) is 1. The summed E-state index contributed by atoms with van der Waals surface area (Å²) in [6.45, 7) is 8.05. The fourth-order valence-corrected chi connectivity index (χ4v) is 5.69. The Morgan fingerprint density at radius 1 is 1.16 bits per heavy atom. The molecule has 0 radical (unpaired) electrons. The van der Waals surface area contributed by atoms with Gasteiger partial charge in [0.05, 0.1) is 24.8 Å². The lowest BCUT2D eigenvalue weighted by Gasteiger charge is -2.52. The highest BCUT2D eigenvalue weighted by Gasteiger charge is 2.56. The fourth-order valence-electron chi connectivity index (χ4n) is 5.69. The van der Waals surface area contributed by atoms with Gasteiger partial charge in [0.1, 0.15) is 11.9 Å². The molecule has 5 aliphatic rings. The van der Waals surface area contributed by atoms with Crippen LogP contribution in [0.15, 0.2) is 47.5 Å². The summed E-state index contributed by atoms with van der Waals surface area (Å²) in [5.41, 5.74) is 8.67. The molecular weight excluding hydrogens is 404 g/mol. The van der Waals surface area contributed by atoms with E-state index in [9.17, 15) is 0 Å². The minimum Gasteiger partial charge on any atom is -0.489 e. The van der Waals surface area contributed by atoms with Crippen molar-refractivity contribution < 1.29 is 14.3 Å². The van der Waals surface area contributed by atoms with Crippen molar-refractivity contribution in [2.75, 3.05) is 13.7 Å². The van der Waals surface area contributed by atoms with Crippen molar-refractivity contribution in [1.82, 2.24) is 5.06 Å². The second-order valence-electron chi connectivity index (χ2n) is 9.40. The molecule has 7 nitrogen and oxygen atoms in total. The number of benzene rings is 2. The molecule has 1 aliphatic carbocycles. The van der Waals surface area contributed by atoms with Gasteiger partial charge in [0.25, 0.3) is 0 Å². The standard InChI is InChI=1S/C25H26N4O3/c1-27-18-5-3-4-16(12-18)17-6-7-21-20(13-17)25(28-23(26)29(2)32-25)14-22(31-21)24-10-8-19(9-11-24)30-15-24/h3-7,12-13,19,22H,8-11,14-15H2,2H3,(H2,26,28). The molecule has 2 aromatic rings. The van der Waals surface area contributed by atoms with Crippen LogP contribution in [0.2, 0.25) is 0 Å². The first kappa shape index (κ1) is 19.6. The van der Waals surface area contributed by atoms with E-state index in [4.69, 9.17) is 31.6 Å². The molecule has 7 rings (SSSR count). The van der Waals surface area contributed by atoms with Crippen LogP contribution in [0.1, 0.15) is 37.7 Å². The van der Waals surface area contributed by atoms with Crippen molar-refractivity contribution in [3.63, 3.8) is 0 Å². The highest BCUT2D eigenvalue weighted by Crippen LogP contribution is 2.55. The number of nitrogens with zero attached hydrogens (tertiary/aromatic N) is 3. The molecule has 2 N–H and O–H groups in total. The number of hydrogen-bond acceptors (Lipinski definition) is 6. The summed E-state index contributed by atoms with van der Waals surface area (Å²) in [5.74, 6) is 1.14. The van der Waals surface area contributed by atoms with Crippen molar-refractivity contribution in [3.8, 4) is 16.9 Å². The average molecular weight is 431 g/mol. The van der Waals surface area contributed by atoms with Crippen molar-refractivity contribution >= 4 is 11.6 Å². The molecule has 164 valence electrons. The number of fused-ring (bicyclic) bond motifs is 5. The van der Waals surface area contributed by atoms with Gasteiger partial charge in [-0.25, -0.2) is 19.7 Å². The first-order valence-electron chi connectivity index (χ1n) is 11.2. The van der Waals surface area contributed by atoms with E-state index in [1.807, 2.05) is 36.4 Å². The van der Waals surface area contributed by atoms with Gasteiger partial charge in [-0.2, -0.15) is 0 Å². The summed E-state index contributed by atoms with van der Waals surface area (Å²) < 4.78 is 12.7. The first-order valence-corrected chi connectivity index (χ1v) is 11.2. The zero-order valence-electron chi connectivity index (χ0n) is 18.1. The third-order valence-corrected chi connectivity index (χ3v) is 7.56. The lowest BCUT2D eigenvalue weighted by molar-refractivity contribution is -0.217. The third-order valence-electron chi connectivity index (χ3n) is 7.56. The van der Waals surface area contributed by atoms with Gasteiger partial charge in [-0.05, 0) is 55.0 Å². The van der Waals surface area contributed by atoms with Crippen LogP contribution in [0.25, 0.3) is 16.0 Å². The topological polar surface area (TPSA) is 73.7 Å². The van der Waals surface area contributed by atoms with Crippen LogP contribution in [0.4, 0.5) is 5.69 Å². The Bertz CT molecular complexity index is 1130. The molecule has 2 aromatic carbocycles. The molecule has 1 saturated carbocycles. The molecular formula is C25H26N4O3. The van der Waals surface area contributed by atoms with E-state index < -0.39 is 5.72 Å². The van der Waals surface area contributed by atoms with Gasteiger partial charge in [0, 0.05) is 18.9 Å². The van der Waals surface area contributed by atoms with Crippen LogP contribution in [-0.4, -0.2) is 36.9 Å². The Hall–Kier alpha value is -3.08. The molecule has 32 heavy (non-hydrogen) atoms. The summed E-state index contributed by atoms with van der Waals surface area (Å²) >= 11 is 0. The number of rotatable bonds is 2. The molecule has 7 heteroatoms. The molecule has 2 atom stereocenters. The highest BCUT2D eigenvalue weighted by atomic mass is 16.7. The number of aliphatic imine (C=N–C) groups is 1. The molecule has 0 amide bonds. The van der Waals surface area contributed by atoms with Crippen LogP contribution in [0, 0.1) is 12.0 Å². The van der Waals surface area contributed by atoms with Gasteiger partial charge in [-0.15, -0.1) is 0 Å². The maximum absolute atomic E-state index is 7.33. The van der Waals surface area contributed by atoms with Crippen molar-refractivity contribution in [1.29, 1.82) is 0 Å². The molecule has 2 saturated heterocycles. The summed E-state index contributed by atoms with van der Waals surface area (Å²) in [7, 11) is 1.79. The van der Waals surface area contributed by atoms with Gasteiger partial charge in [0.15, 0.2) is 5.69 Å². The molecule has 2 unspecified atom stereocenters. The van der Waals surface area contributed by atoms with Crippen molar-refractivity contribution in [2.24, 2.45) is 16.1 Å². The second-order valence-corrected chi connectivity index (χ2v) is 9.40. The first-order chi connectivity index (χ1) is 15.5. The van der Waals surface area contributed by atoms with Crippen LogP contribution >= 0.6 is 0 Å². The van der Waals surface area contributed by atoms with Crippen molar-refractivity contribution in [3.05, 3.63) is 59.4 Å². The van der Waals surface area contributed by atoms with Gasteiger partial charge >= 0.3 is 0 Å². The van der Waals surface area contributed by atoms with E-state index in [1.165, 1.54) is 0 Å². The lowest BCUT2D eigenvalue weighted by Crippen LogP contribution is -2.55. The van der Waals surface area contributed by atoms with Crippen LogP contribution in [0.3, 0.4) is 0 Å². The number of ether oxygens (including phenoxy) is 2. The smallest absolute Gasteiger partial charge is 0.221 e. The molecule has 4 heterocycles. The summed E-state index contributed by atoms with van der Waals surface area (Å²) in [5, 5.41) is 1.55. The summed E-state index contributed by atoms with van der Waals surface area (Å²) in [4.78, 5) is 14.7. The van der Waals surface area contributed by atoms with Crippen LogP contribution < -0.4 is 10.5 Å². The Balaban J connectivity index is 1.44. The monoisotopic (exact) mass is 430 g/mol. The molecule has 4 aliphatic heterocycles. The van der Waals surface area contributed by atoms with E-state index >= 15 is 0 Å².